The monoisotopic (exact) mass is 343 g/mol. The van der Waals surface area contributed by atoms with Gasteiger partial charge in [0.15, 0.2) is 0 Å². The summed E-state index contributed by atoms with van der Waals surface area (Å²) in [5.41, 5.74) is 5.30. The minimum atomic E-state index is 0.0703. The first-order valence-corrected chi connectivity index (χ1v) is 9.09. The Morgan fingerprint density at radius 3 is 2.58 bits per heavy atom. The van der Waals surface area contributed by atoms with Crippen molar-refractivity contribution in [3.63, 3.8) is 0 Å². The number of aromatic nitrogens is 2. The molecule has 26 heavy (non-hydrogen) atoms. The summed E-state index contributed by atoms with van der Waals surface area (Å²) in [4.78, 5) is 18.4. The normalized spacial score (nSPS) is 14.8. The van der Waals surface area contributed by atoms with Crippen molar-refractivity contribution >= 4 is 21.7 Å². The topological polar surface area (TPSA) is 41.0 Å². The predicted octanol–water partition coefficient (Wildman–Crippen LogP) is 3.58. The Morgan fingerprint density at radius 1 is 1.00 bits per heavy atom. The fraction of sp³-hybridized carbons (Fsp3) is 0.227. The summed E-state index contributed by atoms with van der Waals surface area (Å²) < 4.78 is 1.70. The summed E-state index contributed by atoms with van der Waals surface area (Å²) in [6.45, 7) is 2.80. The Morgan fingerprint density at radius 2 is 1.73 bits per heavy atom. The standard InChI is InChI=1S/C22H21N3O/c1-24-12-15(16-6-2-3-8-19(16)22(24)26)13-25-11-10-18-17-7-4-5-9-20(17)23-21(18)14-25/h2-9,12,23H,10-11,13-14H2,1H3. The molecule has 4 heteroatoms. The van der Waals surface area contributed by atoms with Gasteiger partial charge in [-0.05, 0) is 35.1 Å². The molecule has 1 aliphatic rings. The second-order valence-corrected chi connectivity index (χ2v) is 7.20. The van der Waals surface area contributed by atoms with Crippen molar-refractivity contribution in [1.82, 2.24) is 14.5 Å². The molecule has 0 fully saturated rings. The highest BCUT2D eigenvalue weighted by molar-refractivity contribution is 5.85. The van der Waals surface area contributed by atoms with Gasteiger partial charge in [0.2, 0.25) is 0 Å². The quantitative estimate of drug-likeness (QED) is 0.604. The van der Waals surface area contributed by atoms with E-state index in [4.69, 9.17) is 0 Å². The molecule has 3 heterocycles. The Balaban J connectivity index is 1.51. The molecule has 4 nitrogen and oxygen atoms in total. The molecule has 5 rings (SSSR count). The first-order valence-electron chi connectivity index (χ1n) is 9.09. The third-order valence-corrected chi connectivity index (χ3v) is 5.53. The summed E-state index contributed by atoms with van der Waals surface area (Å²) in [6.07, 6.45) is 3.05. The van der Waals surface area contributed by atoms with Crippen molar-refractivity contribution in [3.8, 4) is 0 Å². The van der Waals surface area contributed by atoms with Crippen molar-refractivity contribution in [2.75, 3.05) is 6.54 Å². The van der Waals surface area contributed by atoms with Gasteiger partial charge in [0.25, 0.3) is 5.56 Å². The van der Waals surface area contributed by atoms with Crippen LogP contribution in [0.1, 0.15) is 16.8 Å². The molecule has 0 saturated heterocycles. The summed E-state index contributed by atoms with van der Waals surface area (Å²) in [5, 5.41) is 3.23. The minimum absolute atomic E-state index is 0.0703. The fourth-order valence-corrected chi connectivity index (χ4v) is 4.25. The second kappa shape index (κ2) is 5.85. The van der Waals surface area contributed by atoms with Gasteiger partial charge >= 0.3 is 0 Å². The Kier molecular flexibility index (Phi) is 3.47. The van der Waals surface area contributed by atoms with Gasteiger partial charge in [-0.1, -0.05) is 36.4 Å². The number of hydrogen-bond acceptors (Lipinski definition) is 2. The van der Waals surface area contributed by atoms with Gasteiger partial charge in [0.05, 0.1) is 0 Å². The van der Waals surface area contributed by atoms with E-state index in [0.717, 1.165) is 36.8 Å². The summed E-state index contributed by atoms with van der Waals surface area (Å²) in [7, 11) is 1.84. The van der Waals surface area contributed by atoms with E-state index in [1.165, 1.54) is 27.7 Å². The number of aryl methyl sites for hydroxylation is 1. The Hall–Kier alpha value is -2.85. The first kappa shape index (κ1) is 15.4. The Bertz CT molecular complexity index is 1190. The number of rotatable bonds is 2. The van der Waals surface area contributed by atoms with Gasteiger partial charge < -0.3 is 9.55 Å². The van der Waals surface area contributed by atoms with Crippen LogP contribution in [-0.4, -0.2) is 21.0 Å². The molecule has 0 saturated carbocycles. The zero-order chi connectivity index (χ0) is 17.7. The highest BCUT2D eigenvalue weighted by Crippen LogP contribution is 2.28. The average molecular weight is 343 g/mol. The van der Waals surface area contributed by atoms with Crippen LogP contribution < -0.4 is 5.56 Å². The number of nitrogens with one attached hydrogen (secondary N) is 1. The molecule has 0 radical (unpaired) electrons. The molecule has 0 aliphatic carbocycles. The molecule has 0 spiro atoms. The maximum atomic E-state index is 12.4. The lowest BCUT2D eigenvalue weighted by atomic mass is 10.0. The lowest BCUT2D eigenvalue weighted by Gasteiger charge is -2.27. The van der Waals surface area contributed by atoms with Gasteiger partial charge in [0.1, 0.15) is 0 Å². The number of H-pyrrole nitrogens is 1. The van der Waals surface area contributed by atoms with E-state index < -0.39 is 0 Å². The van der Waals surface area contributed by atoms with E-state index in [-0.39, 0.29) is 5.56 Å². The summed E-state index contributed by atoms with van der Waals surface area (Å²) in [6, 6.07) is 16.5. The van der Waals surface area contributed by atoms with Gasteiger partial charge in [-0.15, -0.1) is 0 Å². The molecule has 0 atom stereocenters. The molecular formula is C22H21N3O. The maximum Gasteiger partial charge on any atom is 0.258 e. The van der Waals surface area contributed by atoms with Crippen molar-refractivity contribution in [2.45, 2.75) is 19.5 Å². The molecule has 0 amide bonds. The van der Waals surface area contributed by atoms with Crippen LogP contribution in [0.5, 0.6) is 0 Å². The van der Waals surface area contributed by atoms with Crippen molar-refractivity contribution in [1.29, 1.82) is 0 Å². The van der Waals surface area contributed by atoms with Crippen LogP contribution in [0.3, 0.4) is 0 Å². The van der Waals surface area contributed by atoms with Crippen LogP contribution >= 0.6 is 0 Å². The van der Waals surface area contributed by atoms with E-state index in [1.807, 2.05) is 31.4 Å². The number of benzene rings is 2. The highest BCUT2D eigenvalue weighted by Gasteiger charge is 2.21. The molecular weight excluding hydrogens is 322 g/mol. The van der Waals surface area contributed by atoms with Gasteiger partial charge in [-0.25, -0.2) is 0 Å². The van der Waals surface area contributed by atoms with E-state index in [9.17, 15) is 4.79 Å². The minimum Gasteiger partial charge on any atom is -0.357 e. The number of para-hydroxylation sites is 1. The summed E-state index contributed by atoms with van der Waals surface area (Å²) in [5.74, 6) is 0. The molecule has 0 unspecified atom stereocenters. The maximum absolute atomic E-state index is 12.4. The molecule has 2 aromatic heterocycles. The molecule has 4 aromatic rings. The highest BCUT2D eigenvalue weighted by atomic mass is 16.1. The predicted molar refractivity (Wildman–Crippen MR) is 105 cm³/mol. The number of hydrogen-bond donors (Lipinski definition) is 1. The van der Waals surface area contributed by atoms with Crippen LogP contribution in [0, 0.1) is 0 Å². The van der Waals surface area contributed by atoms with Gasteiger partial charge in [-0.3, -0.25) is 9.69 Å². The lowest BCUT2D eigenvalue weighted by molar-refractivity contribution is 0.244. The molecule has 2 aromatic carbocycles. The molecule has 130 valence electrons. The van der Waals surface area contributed by atoms with E-state index in [2.05, 4.69) is 40.2 Å². The van der Waals surface area contributed by atoms with Crippen LogP contribution in [0.2, 0.25) is 0 Å². The van der Waals surface area contributed by atoms with Crippen molar-refractivity contribution in [3.05, 3.63) is 81.9 Å². The van der Waals surface area contributed by atoms with Crippen molar-refractivity contribution < 1.29 is 0 Å². The largest absolute Gasteiger partial charge is 0.357 e. The molecule has 0 bridgehead atoms. The van der Waals surface area contributed by atoms with E-state index in [1.54, 1.807) is 4.57 Å². The fourth-order valence-electron chi connectivity index (χ4n) is 4.25. The average Bonchev–Trinajstić information content (AvgIpc) is 3.03. The third-order valence-electron chi connectivity index (χ3n) is 5.53. The van der Waals surface area contributed by atoms with E-state index in [0.29, 0.717) is 0 Å². The SMILES string of the molecule is Cn1cc(CN2CCc3c([nH]c4ccccc34)C2)c2ccccc2c1=O. The number of fused-ring (bicyclic) bond motifs is 4. The smallest absolute Gasteiger partial charge is 0.258 e. The zero-order valence-corrected chi connectivity index (χ0v) is 14.8. The van der Waals surface area contributed by atoms with Crippen molar-refractivity contribution in [2.24, 2.45) is 7.05 Å². The number of pyridine rings is 1. The van der Waals surface area contributed by atoms with Crippen LogP contribution in [-0.2, 0) is 26.6 Å². The third kappa shape index (κ3) is 2.37. The van der Waals surface area contributed by atoms with Crippen LogP contribution in [0.15, 0.2) is 59.5 Å². The zero-order valence-electron chi connectivity index (χ0n) is 14.8. The van der Waals surface area contributed by atoms with Crippen LogP contribution in [0.4, 0.5) is 0 Å². The van der Waals surface area contributed by atoms with Gasteiger partial charge in [0, 0.05) is 54.9 Å². The molecule has 1 N–H and O–H groups in total. The Labute approximate surface area is 151 Å². The van der Waals surface area contributed by atoms with Gasteiger partial charge in [-0.2, -0.15) is 0 Å². The number of nitrogens with zero attached hydrogens (tertiary/aromatic N) is 2. The molecule has 1 aliphatic heterocycles. The van der Waals surface area contributed by atoms with E-state index >= 15 is 0 Å². The first-order chi connectivity index (χ1) is 12.7. The second-order valence-electron chi connectivity index (χ2n) is 7.20. The number of aromatic amines is 1. The van der Waals surface area contributed by atoms with Crippen LogP contribution in [0.25, 0.3) is 21.7 Å². The lowest BCUT2D eigenvalue weighted by Crippen LogP contribution is -2.30. The summed E-state index contributed by atoms with van der Waals surface area (Å²) >= 11 is 0.